The Bertz CT molecular complexity index is 993. The van der Waals surface area contributed by atoms with E-state index in [0.29, 0.717) is 11.4 Å². The van der Waals surface area contributed by atoms with E-state index in [0.717, 1.165) is 5.56 Å². The maximum absolute atomic E-state index is 12.5. The lowest BCUT2D eigenvalue weighted by molar-refractivity contribution is -0.141. The summed E-state index contributed by atoms with van der Waals surface area (Å²) in [6.07, 6.45) is -0.329. The predicted octanol–water partition coefficient (Wildman–Crippen LogP) is 1.18. The van der Waals surface area contributed by atoms with E-state index in [-0.39, 0.29) is 37.7 Å². The number of carbonyl (C=O) groups is 2. The molecule has 174 valence electrons. The maximum Gasteiger partial charge on any atom is 0.321 e. The number of carboxylic acids is 1. The molecule has 2 rings (SSSR count). The fourth-order valence-electron chi connectivity index (χ4n) is 2.67. The summed E-state index contributed by atoms with van der Waals surface area (Å²) in [7, 11) is -3.80. The lowest BCUT2D eigenvalue weighted by Gasteiger charge is -2.14. The highest BCUT2D eigenvalue weighted by Crippen LogP contribution is 2.19. The number of aliphatic hydroxyl groups excluding tert-OH is 1. The molecule has 0 bridgehead atoms. The lowest BCUT2D eigenvalue weighted by atomic mass is 10.2. The molecular weight excluding hydrogens is 438 g/mol. The number of carboxylic acid groups (broad SMARTS) is 1. The summed E-state index contributed by atoms with van der Waals surface area (Å²) in [4.78, 5) is 23.6. The van der Waals surface area contributed by atoms with Gasteiger partial charge in [-0.3, -0.25) is 14.3 Å². The number of nitrogens with one attached hydrogen (secondary N) is 3. The Kier molecular flexibility index (Phi) is 9.60. The van der Waals surface area contributed by atoms with Crippen LogP contribution in [0.5, 0.6) is 0 Å². The van der Waals surface area contributed by atoms with Crippen LogP contribution in [0.1, 0.15) is 12.0 Å². The molecule has 0 saturated heterocycles. The number of aliphatic carboxylic acids is 1. The van der Waals surface area contributed by atoms with E-state index >= 15 is 0 Å². The zero-order valence-corrected chi connectivity index (χ0v) is 18.4. The molecule has 0 radical (unpaired) electrons. The van der Waals surface area contributed by atoms with Crippen molar-refractivity contribution in [2.24, 2.45) is 0 Å². The van der Waals surface area contributed by atoms with Crippen LogP contribution in [0.4, 0.5) is 11.4 Å². The van der Waals surface area contributed by atoms with E-state index in [9.17, 15) is 23.1 Å². The average Bonchev–Trinajstić information content (AvgIpc) is 2.74. The van der Waals surface area contributed by atoms with Gasteiger partial charge >= 0.3 is 5.97 Å². The quantitative estimate of drug-likeness (QED) is 0.276. The molecule has 11 heteroatoms. The summed E-state index contributed by atoms with van der Waals surface area (Å²) in [6, 6.07) is 11.3. The van der Waals surface area contributed by atoms with Crippen LogP contribution in [0, 0.1) is 6.92 Å². The topological polar surface area (TPSA) is 154 Å². The van der Waals surface area contributed by atoms with Gasteiger partial charge in [-0.05, 0) is 43.3 Å². The van der Waals surface area contributed by atoms with Crippen LogP contribution in [0.15, 0.2) is 53.4 Å². The van der Waals surface area contributed by atoms with Gasteiger partial charge in [0.15, 0.2) is 0 Å². The van der Waals surface area contributed by atoms with E-state index in [1.807, 2.05) is 6.92 Å². The van der Waals surface area contributed by atoms with Gasteiger partial charge in [0.05, 0.1) is 31.1 Å². The van der Waals surface area contributed by atoms with Crippen molar-refractivity contribution in [2.45, 2.75) is 24.3 Å². The third-order valence-electron chi connectivity index (χ3n) is 4.31. The Balaban J connectivity index is 1.92. The molecule has 0 aliphatic heterocycles. The van der Waals surface area contributed by atoms with E-state index in [1.54, 1.807) is 24.3 Å². The molecule has 0 spiro atoms. The smallest absolute Gasteiger partial charge is 0.321 e. The van der Waals surface area contributed by atoms with Gasteiger partial charge in [-0.2, -0.15) is 0 Å². The number of aryl methyl sites for hydroxylation is 1. The van der Waals surface area contributed by atoms with Crippen molar-refractivity contribution in [1.29, 1.82) is 0 Å². The molecule has 0 fully saturated rings. The zero-order chi connectivity index (χ0) is 23.6. The molecule has 5 N–H and O–H groups in total. The summed E-state index contributed by atoms with van der Waals surface area (Å²) in [5.74, 6) is -1.74. The maximum atomic E-state index is 12.5. The molecular formula is C21H27N3O7S. The third-order valence-corrected chi connectivity index (χ3v) is 5.71. The number of anilines is 2. The van der Waals surface area contributed by atoms with E-state index in [4.69, 9.17) is 9.84 Å². The van der Waals surface area contributed by atoms with Crippen molar-refractivity contribution >= 4 is 33.3 Å². The number of sulfonamides is 1. The molecule has 10 nitrogen and oxygen atoms in total. The second-order valence-electron chi connectivity index (χ2n) is 6.93. The number of hydrogen-bond acceptors (Lipinski definition) is 7. The molecule has 2 aromatic carbocycles. The van der Waals surface area contributed by atoms with Crippen LogP contribution in [-0.2, 0) is 24.3 Å². The summed E-state index contributed by atoms with van der Waals surface area (Å²) < 4.78 is 32.5. The van der Waals surface area contributed by atoms with Crippen LogP contribution < -0.4 is 15.4 Å². The van der Waals surface area contributed by atoms with Gasteiger partial charge in [-0.1, -0.05) is 17.7 Å². The first-order valence-electron chi connectivity index (χ1n) is 9.85. The first kappa shape index (κ1) is 25.3. The first-order chi connectivity index (χ1) is 15.2. The molecule has 0 heterocycles. The second-order valence-corrected chi connectivity index (χ2v) is 8.61. The highest BCUT2D eigenvalue weighted by atomic mass is 32.2. The van der Waals surface area contributed by atoms with Gasteiger partial charge in [0.2, 0.25) is 5.91 Å². The Hall–Kier alpha value is -2.99. The van der Waals surface area contributed by atoms with Gasteiger partial charge in [0.25, 0.3) is 10.0 Å². The number of carbonyl (C=O) groups excluding carboxylic acids is 1. The largest absolute Gasteiger partial charge is 0.480 e. The minimum atomic E-state index is -3.80. The number of ether oxygens (including phenoxy) is 1. The highest BCUT2D eigenvalue weighted by Gasteiger charge is 2.21. The van der Waals surface area contributed by atoms with Gasteiger partial charge in [0, 0.05) is 17.9 Å². The van der Waals surface area contributed by atoms with Gasteiger partial charge < -0.3 is 25.6 Å². The number of aliphatic hydroxyl groups is 1. The van der Waals surface area contributed by atoms with Crippen molar-refractivity contribution in [3.8, 4) is 0 Å². The molecule has 0 aliphatic carbocycles. The molecule has 0 aliphatic rings. The molecule has 0 saturated carbocycles. The van der Waals surface area contributed by atoms with Crippen molar-refractivity contribution in [2.75, 3.05) is 36.4 Å². The normalized spacial score (nSPS) is 12.2. The summed E-state index contributed by atoms with van der Waals surface area (Å²) in [5.41, 5.74) is 1.77. The van der Waals surface area contributed by atoms with Crippen LogP contribution in [0.2, 0.25) is 0 Å². The second kappa shape index (κ2) is 12.2. The number of benzene rings is 2. The summed E-state index contributed by atoms with van der Waals surface area (Å²) in [5, 5.41) is 23.1. The van der Waals surface area contributed by atoms with E-state index < -0.39 is 27.9 Å². The lowest BCUT2D eigenvalue weighted by Crippen LogP contribution is -2.41. The SMILES string of the molecule is Cc1ccc(NS(=O)(=O)c2ccc(NC(=O)CC(NCCOCCO)C(=O)O)cc2)cc1. The molecule has 32 heavy (non-hydrogen) atoms. The molecule has 1 atom stereocenters. The molecule has 2 aromatic rings. The Labute approximate surface area is 186 Å². The van der Waals surface area contributed by atoms with Crippen LogP contribution >= 0.6 is 0 Å². The van der Waals surface area contributed by atoms with Crippen LogP contribution in [-0.4, -0.2) is 62.9 Å². The highest BCUT2D eigenvalue weighted by molar-refractivity contribution is 7.92. The average molecular weight is 466 g/mol. The Morgan fingerprint density at radius 3 is 2.22 bits per heavy atom. The number of rotatable bonds is 13. The van der Waals surface area contributed by atoms with Gasteiger partial charge in [-0.15, -0.1) is 0 Å². The third kappa shape index (κ3) is 8.27. The van der Waals surface area contributed by atoms with Crippen molar-refractivity contribution in [3.05, 3.63) is 54.1 Å². The summed E-state index contributed by atoms with van der Waals surface area (Å²) in [6.45, 7) is 2.30. The van der Waals surface area contributed by atoms with Crippen LogP contribution in [0.25, 0.3) is 0 Å². The summed E-state index contributed by atoms with van der Waals surface area (Å²) >= 11 is 0. The molecule has 1 amide bonds. The number of amides is 1. The fourth-order valence-corrected chi connectivity index (χ4v) is 3.73. The van der Waals surface area contributed by atoms with E-state index in [2.05, 4.69) is 15.4 Å². The Morgan fingerprint density at radius 1 is 1.00 bits per heavy atom. The monoisotopic (exact) mass is 465 g/mol. The van der Waals surface area contributed by atoms with Gasteiger partial charge in [0.1, 0.15) is 6.04 Å². The standard InChI is InChI=1S/C21H27N3O7S/c1-15-2-4-17(5-3-15)24-32(29,30)18-8-6-16(7-9-18)23-20(26)14-19(21(27)28)22-10-12-31-13-11-25/h2-9,19,22,24-25H,10-14H2,1H3,(H,23,26)(H,27,28). The minimum absolute atomic E-state index is 0.0176. The minimum Gasteiger partial charge on any atom is -0.480 e. The van der Waals surface area contributed by atoms with Gasteiger partial charge in [-0.25, -0.2) is 8.42 Å². The van der Waals surface area contributed by atoms with Crippen molar-refractivity contribution in [3.63, 3.8) is 0 Å². The predicted molar refractivity (Wildman–Crippen MR) is 119 cm³/mol. The molecule has 0 aromatic heterocycles. The Morgan fingerprint density at radius 2 is 1.62 bits per heavy atom. The molecule has 1 unspecified atom stereocenters. The van der Waals surface area contributed by atoms with Crippen molar-refractivity contribution < 1.29 is 33.0 Å². The fraction of sp³-hybridized carbons (Fsp3) is 0.333. The van der Waals surface area contributed by atoms with Crippen molar-refractivity contribution in [1.82, 2.24) is 5.32 Å². The van der Waals surface area contributed by atoms with Crippen LogP contribution in [0.3, 0.4) is 0 Å². The first-order valence-corrected chi connectivity index (χ1v) is 11.3. The number of hydrogen-bond donors (Lipinski definition) is 5. The zero-order valence-electron chi connectivity index (χ0n) is 17.6. The van der Waals surface area contributed by atoms with E-state index in [1.165, 1.54) is 24.3 Å².